The van der Waals surface area contributed by atoms with Crippen LogP contribution < -0.4 is 15.4 Å². The number of hydrogen-bond acceptors (Lipinski definition) is 4. The normalized spacial score (nSPS) is 23.5. The topological polar surface area (TPSA) is 70.2 Å². The lowest BCUT2D eigenvalue weighted by Gasteiger charge is -2.18. The van der Waals surface area contributed by atoms with Gasteiger partial charge in [0.1, 0.15) is 0 Å². The maximum atomic E-state index is 11.2. The van der Waals surface area contributed by atoms with E-state index in [0.29, 0.717) is 18.6 Å². The van der Waals surface area contributed by atoms with Gasteiger partial charge >= 0.3 is 0 Å². The fourth-order valence-corrected chi connectivity index (χ4v) is 2.60. The van der Waals surface area contributed by atoms with Gasteiger partial charge in [-0.2, -0.15) is 0 Å². The minimum atomic E-state index is -3.07. The molecule has 0 saturated carbocycles. The zero-order valence-corrected chi connectivity index (χ0v) is 10.9. The molecule has 0 aromatic heterocycles. The summed E-state index contributed by atoms with van der Waals surface area (Å²) in [6.45, 7) is 3.73. The van der Waals surface area contributed by atoms with E-state index in [1.807, 2.05) is 0 Å². The minimum absolute atomic E-state index is 0.145. The van der Waals surface area contributed by atoms with Crippen LogP contribution in [0.15, 0.2) is 0 Å². The summed E-state index contributed by atoms with van der Waals surface area (Å²) in [6, 6.07) is 0.964. The van der Waals surface area contributed by atoms with Crippen LogP contribution in [0.3, 0.4) is 0 Å². The van der Waals surface area contributed by atoms with Crippen LogP contribution in [0.1, 0.15) is 26.2 Å². The van der Waals surface area contributed by atoms with Crippen molar-refractivity contribution < 1.29 is 8.42 Å². The second-order valence-electron chi connectivity index (χ2n) is 4.41. The molecule has 0 amide bonds. The first-order chi connectivity index (χ1) is 7.53. The zero-order chi connectivity index (χ0) is 12.0. The van der Waals surface area contributed by atoms with Crippen LogP contribution in [0.25, 0.3) is 0 Å². The minimum Gasteiger partial charge on any atom is -0.314 e. The van der Waals surface area contributed by atoms with Gasteiger partial charge in [-0.25, -0.2) is 13.1 Å². The van der Waals surface area contributed by atoms with Gasteiger partial charge < -0.3 is 10.6 Å². The van der Waals surface area contributed by atoms with Crippen molar-refractivity contribution in [1.29, 1.82) is 0 Å². The van der Waals surface area contributed by atoms with E-state index in [1.165, 1.54) is 19.9 Å². The van der Waals surface area contributed by atoms with Crippen molar-refractivity contribution in [3.63, 3.8) is 0 Å². The van der Waals surface area contributed by atoms with E-state index < -0.39 is 10.0 Å². The number of rotatable bonds is 7. The van der Waals surface area contributed by atoms with Crippen LogP contribution in [-0.2, 0) is 10.0 Å². The fraction of sp³-hybridized carbons (Fsp3) is 1.00. The first-order valence-corrected chi connectivity index (χ1v) is 7.56. The molecule has 1 saturated heterocycles. The van der Waals surface area contributed by atoms with Crippen LogP contribution in [0.4, 0.5) is 0 Å². The second-order valence-corrected chi connectivity index (χ2v) is 6.45. The van der Waals surface area contributed by atoms with Gasteiger partial charge in [0.2, 0.25) is 10.0 Å². The fourth-order valence-electron chi connectivity index (χ4n) is 2.01. The Balaban J connectivity index is 2.12. The largest absolute Gasteiger partial charge is 0.314 e. The maximum Gasteiger partial charge on any atom is 0.212 e. The van der Waals surface area contributed by atoms with Crippen LogP contribution in [0, 0.1) is 0 Å². The molecule has 16 heavy (non-hydrogen) atoms. The highest BCUT2D eigenvalue weighted by Gasteiger charge is 2.17. The van der Waals surface area contributed by atoms with E-state index in [1.54, 1.807) is 0 Å². The molecule has 1 fully saturated rings. The Morgan fingerprint density at radius 2 is 2.25 bits per heavy atom. The van der Waals surface area contributed by atoms with Gasteiger partial charge in [-0.05, 0) is 39.8 Å². The molecule has 0 radical (unpaired) electrons. The quantitative estimate of drug-likeness (QED) is 0.577. The third kappa shape index (κ3) is 5.25. The van der Waals surface area contributed by atoms with Gasteiger partial charge in [-0.1, -0.05) is 0 Å². The van der Waals surface area contributed by atoms with E-state index in [4.69, 9.17) is 0 Å². The summed E-state index contributed by atoms with van der Waals surface area (Å²) in [6.07, 6.45) is 3.56. The Hall–Kier alpha value is -0.170. The number of hydrogen-bond donors (Lipinski definition) is 3. The van der Waals surface area contributed by atoms with E-state index >= 15 is 0 Å². The summed E-state index contributed by atoms with van der Waals surface area (Å²) >= 11 is 0. The average molecular weight is 249 g/mol. The lowest BCUT2D eigenvalue weighted by atomic mass is 10.1. The Kier molecular flexibility index (Phi) is 5.68. The van der Waals surface area contributed by atoms with Crippen molar-refractivity contribution >= 4 is 10.0 Å². The molecule has 0 bridgehead atoms. The predicted octanol–water partition coefficient (Wildman–Crippen LogP) is -0.344. The van der Waals surface area contributed by atoms with Gasteiger partial charge in [0.25, 0.3) is 0 Å². The first kappa shape index (κ1) is 13.9. The van der Waals surface area contributed by atoms with Gasteiger partial charge in [0, 0.05) is 18.6 Å². The van der Waals surface area contributed by atoms with E-state index in [0.717, 1.165) is 13.0 Å². The Morgan fingerprint density at radius 3 is 2.81 bits per heavy atom. The predicted molar refractivity (Wildman–Crippen MR) is 66.0 cm³/mol. The third-order valence-electron chi connectivity index (χ3n) is 2.98. The SMILES string of the molecule is CNS(=O)(=O)CCNC(C)CC1CCCN1. The molecular weight excluding hydrogens is 226 g/mol. The van der Waals surface area contributed by atoms with E-state index in [2.05, 4.69) is 22.3 Å². The van der Waals surface area contributed by atoms with Crippen LogP contribution >= 0.6 is 0 Å². The van der Waals surface area contributed by atoms with Crippen molar-refractivity contribution in [2.45, 2.75) is 38.3 Å². The van der Waals surface area contributed by atoms with Crippen LogP contribution in [0.5, 0.6) is 0 Å². The standard InChI is InChI=1S/C10H23N3O2S/c1-9(8-10-4-3-5-13-10)12-6-7-16(14,15)11-2/h9-13H,3-8H2,1-2H3. The summed E-state index contributed by atoms with van der Waals surface area (Å²) in [7, 11) is -1.62. The van der Waals surface area contributed by atoms with E-state index in [-0.39, 0.29) is 5.75 Å². The molecule has 3 N–H and O–H groups in total. The van der Waals surface area contributed by atoms with Crippen molar-refractivity contribution in [3.8, 4) is 0 Å². The molecule has 5 nitrogen and oxygen atoms in total. The van der Waals surface area contributed by atoms with Crippen LogP contribution in [0.2, 0.25) is 0 Å². The summed E-state index contributed by atoms with van der Waals surface area (Å²) in [4.78, 5) is 0. The molecule has 1 aliphatic rings. The van der Waals surface area contributed by atoms with Gasteiger partial charge in [0.15, 0.2) is 0 Å². The van der Waals surface area contributed by atoms with Crippen molar-refractivity contribution in [2.24, 2.45) is 0 Å². The lowest BCUT2D eigenvalue weighted by molar-refractivity contribution is 0.448. The van der Waals surface area contributed by atoms with Crippen molar-refractivity contribution in [3.05, 3.63) is 0 Å². The molecule has 6 heteroatoms. The van der Waals surface area contributed by atoms with Gasteiger partial charge in [-0.15, -0.1) is 0 Å². The van der Waals surface area contributed by atoms with Crippen molar-refractivity contribution in [2.75, 3.05) is 25.9 Å². The molecule has 0 aromatic carbocycles. The Bertz CT molecular complexity index is 286. The summed E-state index contributed by atoms with van der Waals surface area (Å²) in [5.41, 5.74) is 0. The summed E-state index contributed by atoms with van der Waals surface area (Å²) in [5, 5.41) is 6.68. The number of nitrogens with one attached hydrogen (secondary N) is 3. The van der Waals surface area contributed by atoms with Gasteiger partial charge in [0.05, 0.1) is 5.75 Å². The molecular formula is C10H23N3O2S. The molecule has 1 heterocycles. The smallest absolute Gasteiger partial charge is 0.212 e. The molecule has 2 unspecified atom stereocenters. The van der Waals surface area contributed by atoms with Crippen molar-refractivity contribution in [1.82, 2.24) is 15.4 Å². The third-order valence-corrected chi connectivity index (χ3v) is 4.34. The Labute approximate surface area is 98.4 Å². The molecule has 96 valence electrons. The maximum absolute atomic E-state index is 11.2. The van der Waals surface area contributed by atoms with Crippen LogP contribution in [-0.4, -0.2) is 46.4 Å². The molecule has 0 aliphatic carbocycles. The molecule has 0 spiro atoms. The van der Waals surface area contributed by atoms with Gasteiger partial charge in [-0.3, -0.25) is 0 Å². The highest BCUT2D eigenvalue weighted by atomic mass is 32.2. The number of sulfonamides is 1. The monoisotopic (exact) mass is 249 g/mol. The molecule has 1 rings (SSSR count). The molecule has 1 aliphatic heterocycles. The highest BCUT2D eigenvalue weighted by Crippen LogP contribution is 2.10. The zero-order valence-electron chi connectivity index (χ0n) is 10.1. The van der Waals surface area contributed by atoms with E-state index in [9.17, 15) is 8.42 Å². The average Bonchev–Trinajstić information content (AvgIpc) is 2.70. The second kappa shape index (κ2) is 6.54. The highest BCUT2D eigenvalue weighted by molar-refractivity contribution is 7.89. The summed E-state index contributed by atoms with van der Waals surface area (Å²) in [5.74, 6) is 0.145. The Morgan fingerprint density at radius 1 is 1.50 bits per heavy atom. The summed E-state index contributed by atoms with van der Waals surface area (Å²) < 4.78 is 24.6. The molecule has 2 atom stereocenters. The molecule has 0 aromatic rings. The first-order valence-electron chi connectivity index (χ1n) is 5.91. The lowest BCUT2D eigenvalue weighted by Crippen LogP contribution is -2.37.